The molecule has 0 atom stereocenters. The number of rotatable bonds is 1. The minimum Gasteiger partial charge on any atom is -0.364 e. The summed E-state index contributed by atoms with van der Waals surface area (Å²) >= 11 is 0. The fourth-order valence-corrected chi connectivity index (χ4v) is 2.73. The molecule has 0 aromatic carbocycles. The van der Waals surface area contributed by atoms with Crippen molar-refractivity contribution in [2.24, 2.45) is 5.41 Å². The van der Waals surface area contributed by atoms with Gasteiger partial charge in [-0.15, -0.1) is 0 Å². The Morgan fingerprint density at radius 3 is 2.73 bits per heavy atom. The van der Waals surface area contributed by atoms with Gasteiger partial charge >= 0.3 is 0 Å². The van der Waals surface area contributed by atoms with Crippen molar-refractivity contribution in [3.05, 3.63) is 23.0 Å². The van der Waals surface area contributed by atoms with Crippen molar-refractivity contribution in [2.45, 2.75) is 45.4 Å². The van der Waals surface area contributed by atoms with Crippen molar-refractivity contribution in [1.29, 1.82) is 0 Å². The molecule has 2 aliphatic rings. The van der Waals surface area contributed by atoms with E-state index in [2.05, 4.69) is 25.0 Å². The fraction of sp³-hybridized carbons (Fsp3) is 0.615. The van der Waals surface area contributed by atoms with Crippen LogP contribution in [0, 0.1) is 5.41 Å². The highest BCUT2D eigenvalue weighted by atomic mass is 16.1. The highest BCUT2D eigenvalue weighted by Crippen LogP contribution is 2.45. The van der Waals surface area contributed by atoms with E-state index in [-0.39, 0.29) is 5.41 Å². The topological polar surface area (TPSA) is 32.9 Å². The van der Waals surface area contributed by atoms with Gasteiger partial charge in [-0.05, 0) is 36.2 Å². The zero-order valence-electron chi connectivity index (χ0n) is 9.39. The molecule has 1 saturated carbocycles. The Labute approximate surface area is 90.1 Å². The molecular formula is C13H17NO. The molecule has 15 heavy (non-hydrogen) atoms. The van der Waals surface area contributed by atoms with Crippen LogP contribution in [-0.2, 0) is 6.42 Å². The predicted octanol–water partition coefficient (Wildman–Crippen LogP) is 3.05. The van der Waals surface area contributed by atoms with Gasteiger partial charge in [0, 0.05) is 23.9 Å². The Morgan fingerprint density at radius 1 is 1.33 bits per heavy atom. The number of H-pyrrole nitrogens is 1. The molecule has 2 nitrogen and oxygen atoms in total. The van der Waals surface area contributed by atoms with Crippen molar-refractivity contribution < 1.29 is 4.79 Å². The molecule has 0 saturated heterocycles. The van der Waals surface area contributed by atoms with Crippen molar-refractivity contribution in [1.82, 2.24) is 4.98 Å². The minimum absolute atomic E-state index is 0.135. The third kappa shape index (κ3) is 1.43. The van der Waals surface area contributed by atoms with Crippen LogP contribution in [-0.4, -0.2) is 10.8 Å². The van der Waals surface area contributed by atoms with Crippen LogP contribution in [0.5, 0.6) is 0 Å². The van der Waals surface area contributed by atoms with Gasteiger partial charge in [-0.2, -0.15) is 0 Å². The summed E-state index contributed by atoms with van der Waals surface area (Å²) in [6.45, 7) is 4.34. The number of hydrogen-bond donors (Lipinski definition) is 1. The monoisotopic (exact) mass is 203 g/mol. The summed E-state index contributed by atoms with van der Waals surface area (Å²) < 4.78 is 0. The normalized spacial score (nSPS) is 24.0. The number of ketones is 1. The largest absolute Gasteiger partial charge is 0.364 e. The lowest BCUT2D eigenvalue weighted by Gasteiger charge is -2.28. The zero-order valence-corrected chi connectivity index (χ0v) is 9.39. The van der Waals surface area contributed by atoms with Gasteiger partial charge < -0.3 is 4.98 Å². The van der Waals surface area contributed by atoms with Crippen LogP contribution in [0.15, 0.2) is 6.20 Å². The number of Topliss-reactive ketones (excluding diaryl/α,β-unsaturated/α-hetero) is 1. The first kappa shape index (κ1) is 9.20. The molecule has 1 aromatic rings. The van der Waals surface area contributed by atoms with Gasteiger partial charge in [0.1, 0.15) is 0 Å². The lowest BCUT2D eigenvalue weighted by atomic mass is 9.75. The first-order valence-corrected chi connectivity index (χ1v) is 5.80. The van der Waals surface area contributed by atoms with Crippen LogP contribution in [0.4, 0.5) is 0 Å². The molecule has 0 amide bonds. The van der Waals surface area contributed by atoms with Crippen LogP contribution in [0.1, 0.15) is 60.6 Å². The van der Waals surface area contributed by atoms with Crippen LogP contribution in [0.25, 0.3) is 0 Å². The minimum atomic E-state index is 0.135. The summed E-state index contributed by atoms with van der Waals surface area (Å²) in [6, 6.07) is 0. The summed E-state index contributed by atoms with van der Waals surface area (Å²) in [5.41, 5.74) is 3.65. The van der Waals surface area contributed by atoms with E-state index in [1.807, 2.05) is 0 Å². The second-order valence-electron chi connectivity index (χ2n) is 5.81. The molecule has 2 aliphatic carbocycles. The van der Waals surface area contributed by atoms with Crippen molar-refractivity contribution in [3.63, 3.8) is 0 Å². The maximum atomic E-state index is 12.1. The number of carbonyl (C=O) groups is 1. The molecule has 80 valence electrons. The van der Waals surface area contributed by atoms with E-state index in [9.17, 15) is 4.79 Å². The smallest absolute Gasteiger partial charge is 0.165 e. The highest BCUT2D eigenvalue weighted by Gasteiger charge is 2.37. The second kappa shape index (κ2) is 2.75. The first-order chi connectivity index (χ1) is 7.07. The van der Waals surface area contributed by atoms with E-state index >= 15 is 0 Å². The third-order valence-corrected chi connectivity index (χ3v) is 3.58. The Bertz CT molecular complexity index is 424. The van der Waals surface area contributed by atoms with E-state index in [1.165, 1.54) is 24.1 Å². The summed E-state index contributed by atoms with van der Waals surface area (Å²) in [5.74, 6) is 1.03. The molecule has 2 heteroatoms. The molecule has 0 spiro atoms. The van der Waals surface area contributed by atoms with Crippen LogP contribution in [0.3, 0.4) is 0 Å². The van der Waals surface area contributed by atoms with Crippen molar-refractivity contribution in [2.75, 3.05) is 0 Å². The quantitative estimate of drug-likeness (QED) is 0.747. The van der Waals surface area contributed by atoms with Crippen molar-refractivity contribution >= 4 is 5.78 Å². The summed E-state index contributed by atoms with van der Waals surface area (Å²) in [4.78, 5) is 15.4. The van der Waals surface area contributed by atoms with E-state index in [0.29, 0.717) is 18.1 Å². The maximum absolute atomic E-state index is 12.1. The SMILES string of the molecule is CC1(C)CC(=O)c2c(C3CC3)c[nH]c2C1. The molecule has 0 aliphatic heterocycles. The van der Waals surface area contributed by atoms with Crippen LogP contribution >= 0.6 is 0 Å². The molecule has 1 fully saturated rings. The lowest BCUT2D eigenvalue weighted by molar-refractivity contribution is 0.0911. The fourth-order valence-electron chi connectivity index (χ4n) is 2.73. The molecule has 1 N–H and O–H groups in total. The number of carbonyl (C=O) groups excluding carboxylic acids is 1. The van der Waals surface area contributed by atoms with Gasteiger partial charge in [0.25, 0.3) is 0 Å². The lowest BCUT2D eigenvalue weighted by Crippen LogP contribution is -2.27. The van der Waals surface area contributed by atoms with E-state index < -0.39 is 0 Å². The van der Waals surface area contributed by atoms with Crippen molar-refractivity contribution in [3.8, 4) is 0 Å². The Hall–Kier alpha value is -1.05. The standard InChI is InChI=1S/C13H17NO/c1-13(2)5-10-12(11(15)6-13)9(7-14-10)8-3-4-8/h7-8,14H,3-6H2,1-2H3. The van der Waals surface area contributed by atoms with Gasteiger partial charge in [0.2, 0.25) is 0 Å². The molecular weight excluding hydrogens is 186 g/mol. The molecule has 3 rings (SSSR count). The molecule has 1 heterocycles. The second-order valence-corrected chi connectivity index (χ2v) is 5.81. The van der Waals surface area contributed by atoms with E-state index in [4.69, 9.17) is 0 Å². The number of aromatic nitrogens is 1. The average Bonchev–Trinajstić information content (AvgIpc) is 2.86. The van der Waals surface area contributed by atoms with Gasteiger partial charge in [-0.3, -0.25) is 4.79 Å². The number of aromatic amines is 1. The van der Waals surface area contributed by atoms with Gasteiger partial charge in [-0.1, -0.05) is 13.8 Å². The Kier molecular flexibility index (Phi) is 1.68. The van der Waals surface area contributed by atoms with E-state index in [0.717, 1.165) is 12.0 Å². The molecule has 0 bridgehead atoms. The summed E-state index contributed by atoms with van der Waals surface area (Å²) in [5, 5.41) is 0. The predicted molar refractivity (Wildman–Crippen MR) is 59.2 cm³/mol. The first-order valence-electron chi connectivity index (χ1n) is 5.80. The highest BCUT2D eigenvalue weighted by molar-refractivity contribution is 6.00. The Morgan fingerprint density at radius 2 is 2.07 bits per heavy atom. The summed E-state index contributed by atoms with van der Waals surface area (Å²) in [6.07, 6.45) is 6.32. The van der Waals surface area contributed by atoms with Gasteiger partial charge in [-0.25, -0.2) is 0 Å². The molecule has 0 radical (unpaired) electrons. The van der Waals surface area contributed by atoms with Crippen LogP contribution < -0.4 is 0 Å². The van der Waals surface area contributed by atoms with Gasteiger partial charge in [0.05, 0.1) is 0 Å². The summed E-state index contributed by atoms with van der Waals surface area (Å²) in [7, 11) is 0. The van der Waals surface area contributed by atoms with Crippen LogP contribution in [0.2, 0.25) is 0 Å². The third-order valence-electron chi connectivity index (χ3n) is 3.58. The van der Waals surface area contributed by atoms with Gasteiger partial charge in [0.15, 0.2) is 5.78 Å². The number of hydrogen-bond acceptors (Lipinski definition) is 1. The Balaban J connectivity index is 2.06. The molecule has 0 unspecified atom stereocenters. The number of fused-ring (bicyclic) bond motifs is 1. The molecule has 1 aromatic heterocycles. The average molecular weight is 203 g/mol. The van der Waals surface area contributed by atoms with E-state index in [1.54, 1.807) is 0 Å². The maximum Gasteiger partial charge on any atom is 0.165 e. The zero-order chi connectivity index (χ0) is 10.6. The number of nitrogens with one attached hydrogen (secondary N) is 1.